The van der Waals surface area contributed by atoms with E-state index in [0.29, 0.717) is 6.42 Å². The molecule has 0 radical (unpaired) electrons. The summed E-state index contributed by atoms with van der Waals surface area (Å²) in [6.45, 7) is 2.69. The Bertz CT molecular complexity index is 199. The Hall–Kier alpha value is -0.280. The second-order valence-electron chi connectivity index (χ2n) is 3.74. The highest BCUT2D eigenvalue weighted by Crippen LogP contribution is 2.19. The molecule has 1 heterocycles. The van der Waals surface area contributed by atoms with E-state index >= 15 is 0 Å². The van der Waals surface area contributed by atoms with E-state index in [9.17, 15) is 4.79 Å². The van der Waals surface area contributed by atoms with Gasteiger partial charge in [0.1, 0.15) is 5.38 Å². The van der Waals surface area contributed by atoms with Crippen molar-refractivity contribution >= 4 is 17.5 Å². The molecule has 0 aromatic heterocycles. The van der Waals surface area contributed by atoms with Crippen LogP contribution in [0.4, 0.5) is 0 Å². The zero-order valence-electron chi connectivity index (χ0n) is 8.58. The van der Waals surface area contributed by atoms with Crippen molar-refractivity contribution in [1.82, 2.24) is 4.90 Å². The molecule has 0 saturated carbocycles. The summed E-state index contributed by atoms with van der Waals surface area (Å²) in [5.41, 5.74) is 0. The number of alkyl halides is 1. The van der Waals surface area contributed by atoms with Crippen molar-refractivity contribution in [3.05, 3.63) is 0 Å². The lowest BCUT2D eigenvalue weighted by atomic mass is 10.0. The molecule has 0 unspecified atom stereocenters. The maximum atomic E-state index is 11.8. The van der Waals surface area contributed by atoms with E-state index in [-0.39, 0.29) is 18.6 Å². The van der Waals surface area contributed by atoms with Crippen molar-refractivity contribution in [3.63, 3.8) is 0 Å². The van der Waals surface area contributed by atoms with Gasteiger partial charge in [0.2, 0.25) is 5.91 Å². The SMILES string of the molecule is CC[C@@H](Cl)C(=O)N1CCCC[C@H]1CO. The molecule has 0 aromatic rings. The first-order chi connectivity index (χ1) is 6.70. The molecule has 0 aliphatic carbocycles. The van der Waals surface area contributed by atoms with E-state index in [1.165, 1.54) is 0 Å². The summed E-state index contributed by atoms with van der Waals surface area (Å²) in [6, 6.07) is -0.0101. The highest BCUT2D eigenvalue weighted by Gasteiger charge is 2.29. The zero-order chi connectivity index (χ0) is 10.6. The second kappa shape index (κ2) is 5.56. The smallest absolute Gasteiger partial charge is 0.240 e. The van der Waals surface area contributed by atoms with Crippen LogP contribution in [0.2, 0.25) is 0 Å². The number of halogens is 1. The lowest BCUT2D eigenvalue weighted by Crippen LogP contribution is -2.48. The first kappa shape index (κ1) is 11.8. The van der Waals surface area contributed by atoms with Gasteiger partial charge < -0.3 is 10.0 Å². The monoisotopic (exact) mass is 219 g/mol. The van der Waals surface area contributed by atoms with E-state index in [2.05, 4.69) is 0 Å². The number of nitrogens with zero attached hydrogens (tertiary/aromatic N) is 1. The summed E-state index contributed by atoms with van der Waals surface area (Å²) in [7, 11) is 0. The Labute approximate surface area is 90.0 Å². The van der Waals surface area contributed by atoms with Gasteiger partial charge in [0.25, 0.3) is 0 Å². The van der Waals surface area contributed by atoms with E-state index < -0.39 is 5.38 Å². The van der Waals surface area contributed by atoms with Crippen LogP contribution in [0.15, 0.2) is 0 Å². The fraction of sp³-hybridized carbons (Fsp3) is 0.900. The zero-order valence-corrected chi connectivity index (χ0v) is 9.33. The lowest BCUT2D eigenvalue weighted by Gasteiger charge is -2.35. The van der Waals surface area contributed by atoms with E-state index in [1.807, 2.05) is 6.92 Å². The maximum Gasteiger partial charge on any atom is 0.240 e. The summed E-state index contributed by atoms with van der Waals surface area (Å²) in [4.78, 5) is 13.5. The van der Waals surface area contributed by atoms with Gasteiger partial charge in [0.05, 0.1) is 12.6 Å². The van der Waals surface area contributed by atoms with Crippen molar-refractivity contribution in [2.75, 3.05) is 13.2 Å². The molecule has 1 N–H and O–H groups in total. The number of carbonyl (C=O) groups is 1. The normalized spacial score (nSPS) is 24.8. The van der Waals surface area contributed by atoms with E-state index in [4.69, 9.17) is 16.7 Å². The number of aliphatic hydroxyl groups is 1. The van der Waals surface area contributed by atoms with Gasteiger partial charge in [-0.2, -0.15) is 0 Å². The summed E-state index contributed by atoms with van der Waals surface area (Å²) in [5.74, 6) is -0.0204. The van der Waals surface area contributed by atoms with Gasteiger partial charge in [-0.15, -0.1) is 11.6 Å². The molecule has 1 saturated heterocycles. The van der Waals surface area contributed by atoms with Gasteiger partial charge in [-0.25, -0.2) is 0 Å². The minimum atomic E-state index is -0.429. The van der Waals surface area contributed by atoms with E-state index in [0.717, 1.165) is 25.8 Å². The molecule has 1 aliphatic rings. The molecular weight excluding hydrogens is 202 g/mol. The molecule has 1 rings (SSSR count). The predicted molar refractivity (Wildman–Crippen MR) is 56.4 cm³/mol. The average Bonchev–Trinajstić information content (AvgIpc) is 2.26. The quantitative estimate of drug-likeness (QED) is 0.729. The van der Waals surface area contributed by atoms with Gasteiger partial charge >= 0.3 is 0 Å². The predicted octanol–water partition coefficient (Wildman–Crippen LogP) is 1.38. The first-order valence-electron chi connectivity index (χ1n) is 5.26. The van der Waals surface area contributed by atoms with Crippen molar-refractivity contribution < 1.29 is 9.90 Å². The number of carbonyl (C=O) groups excluding carboxylic acids is 1. The number of hydrogen-bond donors (Lipinski definition) is 1. The molecule has 1 amide bonds. The number of hydrogen-bond acceptors (Lipinski definition) is 2. The average molecular weight is 220 g/mol. The molecule has 4 heteroatoms. The lowest BCUT2D eigenvalue weighted by molar-refractivity contribution is -0.135. The van der Waals surface area contributed by atoms with Crippen LogP contribution in [0.3, 0.4) is 0 Å². The highest BCUT2D eigenvalue weighted by atomic mass is 35.5. The molecule has 1 fully saturated rings. The van der Waals surface area contributed by atoms with Crippen LogP contribution < -0.4 is 0 Å². The van der Waals surface area contributed by atoms with Crippen LogP contribution in [0.1, 0.15) is 32.6 Å². The summed E-state index contributed by atoms with van der Waals surface area (Å²) >= 11 is 5.90. The second-order valence-corrected chi connectivity index (χ2v) is 4.27. The molecule has 3 nitrogen and oxygen atoms in total. The Kier molecular flexibility index (Phi) is 4.69. The van der Waals surface area contributed by atoms with Crippen LogP contribution in [-0.2, 0) is 4.79 Å². The third-order valence-corrected chi connectivity index (χ3v) is 3.24. The minimum absolute atomic E-state index is 0.0101. The maximum absolute atomic E-state index is 11.8. The summed E-state index contributed by atoms with van der Waals surface area (Å²) in [6.07, 6.45) is 3.66. The highest BCUT2D eigenvalue weighted by molar-refractivity contribution is 6.30. The number of rotatable bonds is 3. The third-order valence-electron chi connectivity index (χ3n) is 2.75. The Balaban J connectivity index is 2.58. The largest absolute Gasteiger partial charge is 0.394 e. The van der Waals surface area contributed by atoms with Gasteiger partial charge in [0.15, 0.2) is 0 Å². The first-order valence-corrected chi connectivity index (χ1v) is 5.69. The van der Waals surface area contributed by atoms with Crippen molar-refractivity contribution in [2.45, 2.75) is 44.0 Å². The molecule has 0 aromatic carbocycles. The topological polar surface area (TPSA) is 40.5 Å². The molecule has 0 bridgehead atoms. The van der Waals surface area contributed by atoms with Crippen molar-refractivity contribution in [3.8, 4) is 0 Å². The van der Waals surface area contributed by atoms with Gasteiger partial charge in [0, 0.05) is 6.54 Å². The molecule has 82 valence electrons. The minimum Gasteiger partial charge on any atom is -0.394 e. The third kappa shape index (κ3) is 2.61. The Morgan fingerprint density at radius 2 is 2.36 bits per heavy atom. The number of piperidine rings is 1. The van der Waals surface area contributed by atoms with Crippen molar-refractivity contribution in [1.29, 1.82) is 0 Å². The van der Waals surface area contributed by atoms with E-state index in [1.54, 1.807) is 4.90 Å². The van der Waals surface area contributed by atoms with Crippen molar-refractivity contribution in [2.24, 2.45) is 0 Å². The standard InChI is InChI=1S/C10H18ClNO2/c1-2-9(11)10(14)12-6-4-3-5-8(12)7-13/h8-9,13H,2-7H2,1H3/t8-,9+/m0/s1. The van der Waals surface area contributed by atoms with Crippen LogP contribution in [-0.4, -0.2) is 40.5 Å². The van der Waals surface area contributed by atoms with Gasteiger partial charge in [-0.1, -0.05) is 6.92 Å². The molecule has 0 spiro atoms. The number of aliphatic hydroxyl groups excluding tert-OH is 1. The Morgan fingerprint density at radius 3 is 2.93 bits per heavy atom. The van der Waals surface area contributed by atoms with Crippen LogP contribution in [0.25, 0.3) is 0 Å². The molecule has 2 atom stereocenters. The van der Waals surface area contributed by atoms with Crippen LogP contribution >= 0.6 is 11.6 Å². The van der Waals surface area contributed by atoms with Gasteiger partial charge in [-0.05, 0) is 25.7 Å². The fourth-order valence-corrected chi connectivity index (χ4v) is 1.96. The van der Waals surface area contributed by atoms with Gasteiger partial charge in [-0.3, -0.25) is 4.79 Å². The number of likely N-dealkylation sites (tertiary alicyclic amines) is 1. The summed E-state index contributed by atoms with van der Waals surface area (Å²) in [5, 5.41) is 8.70. The molecular formula is C10H18ClNO2. The fourth-order valence-electron chi connectivity index (χ4n) is 1.84. The number of amides is 1. The summed E-state index contributed by atoms with van der Waals surface area (Å²) < 4.78 is 0. The Morgan fingerprint density at radius 1 is 1.64 bits per heavy atom. The van der Waals surface area contributed by atoms with Crippen LogP contribution in [0.5, 0.6) is 0 Å². The molecule has 14 heavy (non-hydrogen) atoms. The van der Waals surface area contributed by atoms with Crippen LogP contribution in [0, 0.1) is 0 Å². The molecule has 1 aliphatic heterocycles.